The summed E-state index contributed by atoms with van der Waals surface area (Å²) >= 11 is 0.549. The third-order valence-corrected chi connectivity index (χ3v) is 5.83. The molecular weight excluding hydrogens is 235 g/mol. The standard InChI is InChI=1S/C13H16Se/c1-13(2,3)12-9-8-10-6-4-5-7-11(10)14-12/h4-7,9H,8H2,1-3H3. The molecule has 0 radical (unpaired) electrons. The van der Waals surface area contributed by atoms with Crippen LogP contribution in [-0.4, -0.2) is 15.0 Å². The molecule has 0 aliphatic carbocycles. The summed E-state index contributed by atoms with van der Waals surface area (Å²) in [5.41, 5.74) is 1.88. The topological polar surface area (TPSA) is 0 Å². The van der Waals surface area contributed by atoms with Crippen LogP contribution in [0.1, 0.15) is 26.3 Å². The molecule has 2 rings (SSSR count). The van der Waals surface area contributed by atoms with Crippen molar-refractivity contribution in [3.05, 3.63) is 40.4 Å². The molecule has 1 aliphatic rings. The average Bonchev–Trinajstić information content (AvgIpc) is 2.16. The molecule has 1 aromatic rings. The van der Waals surface area contributed by atoms with E-state index < -0.39 is 0 Å². The second-order valence-electron chi connectivity index (χ2n) is 4.73. The van der Waals surface area contributed by atoms with Gasteiger partial charge >= 0.3 is 92.4 Å². The van der Waals surface area contributed by atoms with E-state index in [-0.39, 0.29) is 0 Å². The van der Waals surface area contributed by atoms with Crippen LogP contribution in [-0.2, 0) is 6.42 Å². The molecule has 0 nitrogen and oxygen atoms in total. The van der Waals surface area contributed by atoms with E-state index in [9.17, 15) is 0 Å². The Labute approximate surface area is 92.6 Å². The van der Waals surface area contributed by atoms with Crippen LogP contribution in [0.4, 0.5) is 0 Å². The number of fused-ring (bicyclic) bond motifs is 1. The first-order valence-corrected chi connectivity index (χ1v) is 6.75. The zero-order chi connectivity index (χ0) is 10.2. The number of hydrogen-bond donors (Lipinski definition) is 0. The zero-order valence-electron chi connectivity index (χ0n) is 9.00. The van der Waals surface area contributed by atoms with Crippen LogP contribution in [0.3, 0.4) is 0 Å². The Morgan fingerprint density at radius 3 is 2.57 bits per heavy atom. The second-order valence-corrected chi connectivity index (χ2v) is 7.01. The molecule has 74 valence electrons. The van der Waals surface area contributed by atoms with Crippen LogP contribution in [0.25, 0.3) is 0 Å². The first-order chi connectivity index (χ1) is 6.57. The molecule has 0 bridgehead atoms. The Morgan fingerprint density at radius 1 is 1.14 bits per heavy atom. The summed E-state index contributed by atoms with van der Waals surface area (Å²) in [5, 5.41) is 0. The Hall–Kier alpha value is -0.521. The molecule has 0 unspecified atom stereocenters. The third-order valence-electron chi connectivity index (χ3n) is 2.44. The summed E-state index contributed by atoms with van der Waals surface area (Å²) in [6.07, 6.45) is 3.56. The fourth-order valence-corrected chi connectivity index (χ4v) is 3.98. The number of hydrogen-bond acceptors (Lipinski definition) is 0. The predicted octanol–water partition coefficient (Wildman–Crippen LogP) is 2.50. The van der Waals surface area contributed by atoms with Crippen molar-refractivity contribution in [2.75, 3.05) is 0 Å². The van der Waals surface area contributed by atoms with Gasteiger partial charge in [-0.05, 0) is 0 Å². The van der Waals surface area contributed by atoms with E-state index >= 15 is 0 Å². The Morgan fingerprint density at radius 2 is 1.86 bits per heavy atom. The van der Waals surface area contributed by atoms with E-state index in [1.165, 1.54) is 5.56 Å². The van der Waals surface area contributed by atoms with Gasteiger partial charge in [-0.15, -0.1) is 0 Å². The summed E-state index contributed by atoms with van der Waals surface area (Å²) in [6, 6.07) is 8.85. The van der Waals surface area contributed by atoms with Gasteiger partial charge in [-0.25, -0.2) is 0 Å². The first-order valence-electron chi connectivity index (χ1n) is 5.04. The molecule has 0 spiro atoms. The fraction of sp³-hybridized carbons (Fsp3) is 0.385. The quantitative estimate of drug-likeness (QED) is 0.621. The van der Waals surface area contributed by atoms with E-state index in [2.05, 4.69) is 51.1 Å². The second kappa shape index (κ2) is 3.56. The Balaban J connectivity index is 2.30. The van der Waals surface area contributed by atoms with Gasteiger partial charge in [-0.3, -0.25) is 0 Å². The van der Waals surface area contributed by atoms with Gasteiger partial charge in [0.25, 0.3) is 0 Å². The summed E-state index contributed by atoms with van der Waals surface area (Å²) in [7, 11) is 0. The van der Waals surface area contributed by atoms with E-state index in [1.807, 2.05) is 0 Å². The van der Waals surface area contributed by atoms with Crippen molar-refractivity contribution in [3.63, 3.8) is 0 Å². The van der Waals surface area contributed by atoms with Crippen LogP contribution < -0.4 is 4.46 Å². The molecule has 0 N–H and O–H groups in total. The minimum absolute atomic E-state index is 0.355. The molecule has 0 saturated heterocycles. The molecule has 0 atom stereocenters. The normalized spacial score (nSPS) is 16.1. The number of allylic oxidation sites excluding steroid dienone is 2. The zero-order valence-corrected chi connectivity index (χ0v) is 10.7. The van der Waals surface area contributed by atoms with Crippen LogP contribution in [0.2, 0.25) is 0 Å². The predicted molar refractivity (Wildman–Crippen MR) is 63.1 cm³/mol. The van der Waals surface area contributed by atoms with Gasteiger partial charge in [0.1, 0.15) is 0 Å². The summed E-state index contributed by atoms with van der Waals surface area (Å²) in [4.78, 5) is 0. The van der Waals surface area contributed by atoms with Gasteiger partial charge in [0, 0.05) is 0 Å². The van der Waals surface area contributed by atoms with E-state index in [0.29, 0.717) is 20.4 Å². The van der Waals surface area contributed by atoms with Crippen molar-refractivity contribution >= 4 is 19.4 Å². The fourth-order valence-electron chi connectivity index (χ4n) is 1.59. The Kier molecular flexibility index (Phi) is 2.55. The van der Waals surface area contributed by atoms with Crippen molar-refractivity contribution in [1.29, 1.82) is 0 Å². The number of benzene rings is 1. The molecule has 1 heteroatoms. The van der Waals surface area contributed by atoms with Crippen molar-refractivity contribution in [3.8, 4) is 0 Å². The van der Waals surface area contributed by atoms with Crippen molar-refractivity contribution < 1.29 is 0 Å². The molecule has 0 fully saturated rings. The van der Waals surface area contributed by atoms with Gasteiger partial charge in [0.15, 0.2) is 0 Å². The molecule has 0 aromatic heterocycles. The molecule has 0 saturated carbocycles. The van der Waals surface area contributed by atoms with E-state index in [1.54, 1.807) is 8.93 Å². The van der Waals surface area contributed by atoms with Crippen molar-refractivity contribution in [2.45, 2.75) is 27.2 Å². The SMILES string of the molecule is CC(C)(C)C1=CCc2ccccc2[Se]1. The van der Waals surface area contributed by atoms with Gasteiger partial charge in [-0.1, -0.05) is 0 Å². The van der Waals surface area contributed by atoms with Crippen LogP contribution in [0, 0.1) is 5.41 Å². The maximum atomic E-state index is 2.43. The van der Waals surface area contributed by atoms with Gasteiger partial charge < -0.3 is 0 Å². The first kappa shape index (κ1) is 10.0. The van der Waals surface area contributed by atoms with Crippen molar-refractivity contribution in [2.24, 2.45) is 5.41 Å². The van der Waals surface area contributed by atoms with Crippen molar-refractivity contribution in [1.82, 2.24) is 0 Å². The minimum atomic E-state index is 0.355. The molecule has 14 heavy (non-hydrogen) atoms. The molecular formula is C13H16Se. The van der Waals surface area contributed by atoms with Crippen LogP contribution >= 0.6 is 0 Å². The van der Waals surface area contributed by atoms with Gasteiger partial charge in [0.2, 0.25) is 0 Å². The van der Waals surface area contributed by atoms with E-state index in [4.69, 9.17) is 0 Å². The molecule has 1 aliphatic heterocycles. The van der Waals surface area contributed by atoms with Gasteiger partial charge in [0.05, 0.1) is 0 Å². The molecule has 0 amide bonds. The summed E-state index contributed by atoms with van der Waals surface area (Å²) in [5.74, 6) is 0. The van der Waals surface area contributed by atoms with Crippen LogP contribution in [0.5, 0.6) is 0 Å². The van der Waals surface area contributed by atoms with E-state index in [0.717, 1.165) is 6.42 Å². The summed E-state index contributed by atoms with van der Waals surface area (Å²) in [6.45, 7) is 6.94. The maximum absolute atomic E-state index is 2.43. The molecule has 1 heterocycles. The van der Waals surface area contributed by atoms with Gasteiger partial charge in [-0.2, -0.15) is 0 Å². The monoisotopic (exact) mass is 252 g/mol. The number of rotatable bonds is 0. The Bertz CT molecular complexity index is 369. The average molecular weight is 251 g/mol. The summed E-state index contributed by atoms with van der Waals surface area (Å²) < 4.78 is 3.22. The van der Waals surface area contributed by atoms with Crippen LogP contribution in [0.15, 0.2) is 34.8 Å². The third kappa shape index (κ3) is 1.94. The molecule has 1 aromatic carbocycles.